The molecular weight excluding hydrogens is 406 g/mol. The van der Waals surface area contributed by atoms with E-state index in [1.807, 2.05) is 0 Å². The van der Waals surface area contributed by atoms with Crippen molar-refractivity contribution < 1.29 is 21.9 Å². The van der Waals surface area contributed by atoms with Crippen molar-refractivity contribution in [1.29, 1.82) is 0 Å². The molecule has 1 fully saturated rings. The van der Waals surface area contributed by atoms with Gasteiger partial charge in [0, 0.05) is 23.3 Å². The first-order valence-electron chi connectivity index (χ1n) is 7.09. The second-order valence-electron chi connectivity index (χ2n) is 5.28. The summed E-state index contributed by atoms with van der Waals surface area (Å²) in [7, 11) is -4.11. The second-order valence-corrected chi connectivity index (χ2v) is 8.10. The highest BCUT2D eigenvalue weighted by atomic mass is 79.9. The van der Waals surface area contributed by atoms with Crippen LogP contribution in [0.3, 0.4) is 0 Å². The number of halogens is 3. The van der Waals surface area contributed by atoms with Crippen LogP contribution >= 0.6 is 15.9 Å². The van der Waals surface area contributed by atoms with Gasteiger partial charge in [-0.05, 0) is 46.6 Å². The van der Waals surface area contributed by atoms with E-state index in [4.69, 9.17) is 4.74 Å². The molecule has 24 heavy (non-hydrogen) atoms. The molecule has 0 radical (unpaired) electrons. The first-order chi connectivity index (χ1) is 11.4. The summed E-state index contributed by atoms with van der Waals surface area (Å²) in [6, 6.07) is 5.79. The molecular formula is C15H13BrF2N2O3S. The lowest BCUT2D eigenvalue weighted by molar-refractivity contribution is 0.207. The summed E-state index contributed by atoms with van der Waals surface area (Å²) in [5.41, 5.74) is 0. The first-order valence-corrected chi connectivity index (χ1v) is 9.33. The molecule has 0 N–H and O–H groups in total. The molecule has 2 aromatic rings. The van der Waals surface area contributed by atoms with Crippen LogP contribution in [0.25, 0.3) is 0 Å². The molecule has 5 nitrogen and oxygen atoms in total. The summed E-state index contributed by atoms with van der Waals surface area (Å²) in [5.74, 6) is -1.41. The van der Waals surface area contributed by atoms with E-state index in [-0.39, 0.29) is 13.1 Å². The number of aromatic nitrogens is 1. The number of rotatable bonds is 4. The van der Waals surface area contributed by atoms with Crippen LogP contribution in [0.4, 0.5) is 8.78 Å². The highest BCUT2D eigenvalue weighted by Gasteiger charge is 2.35. The Morgan fingerprint density at radius 2 is 2.04 bits per heavy atom. The van der Waals surface area contributed by atoms with Crippen LogP contribution in [0.1, 0.15) is 6.42 Å². The second kappa shape index (κ2) is 6.73. The van der Waals surface area contributed by atoms with Crippen molar-refractivity contribution in [2.45, 2.75) is 17.4 Å². The molecule has 0 amide bonds. The van der Waals surface area contributed by atoms with E-state index in [2.05, 4.69) is 20.9 Å². The Morgan fingerprint density at radius 1 is 1.25 bits per heavy atom. The van der Waals surface area contributed by atoms with Crippen molar-refractivity contribution in [1.82, 2.24) is 9.29 Å². The van der Waals surface area contributed by atoms with E-state index in [1.54, 1.807) is 18.3 Å². The third-order valence-corrected chi connectivity index (χ3v) is 5.96. The maximum Gasteiger partial charge on any atom is 0.246 e. The van der Waals surface area contributed by atoms with Crippen LogP contribution < -0.4 is 4.74 Å². The van der Waals surface area contributed by atoms with E-state index in [0.717, 1.165) is 20.9 Å². The molecule has 0 spiro atoms. The van der Waals surface area contributed by atoms with Crippen LogP contribution in [-0.2, 0) is 10.0 Å². The Bertz CT molecular complexity index is 846. The Balaban J connectivity index is 1.74. The Hall–Kier alpha value is -1.58. The van der Waals surface area contributed by atoms with Gasteiger partial charge in [0.25, 0.3) is 0 Å². The predicted molar refractivity (Wildman–Crippen MR) is 86.1 cm³/mol. The van der Waals surface area contributed by atoms with Gasteiger partial charge in [-0.2, -0.15) is 4.31 Å². The van der Waals surface area contributed by atoms with Crippen molar-refractivity contribution >= 4 is 26.0 Å². The van der Waals surface area contributed by atoms with Crippen LogP contribution in [0.2, 0.25) is 0 Å². The lowest BCUT2D eigenvalue weighted by Crippen LogP contribution is -2.31. The summed E-state index contributed by atoms with van der Waals surface area (Å²) in [5, 5.41) is 0. The van der Waals surface area contributed by atoms with Crippen molar-refractivity contribution in [3.8, 4) is 5.88 Å². The van der Waals surface area contributed by atoms with Crippen LogP contribution in [-0.4, -0.2) is 36.9 Å². The highest BCUT2D eigenvalue weighted by Crippen LogP contribution is 2.26. The molecule has 1 aliphatic rings. The minimum absolute atomic E-state index is 0.0516. The zero-order chi connectivity index (χ0) is 17.3. The summed E-state index contributed by atoms with van der Waals surface area (Å²) in [6.07, 6.45) is 1.61. The van der Waals surface area contributed by atoms with Gasteiger partial charge >= 0.3 is 0 Å². The summed E-state index contributed by atoms with van der Waals surface area (Å²) < 4.78 is 59.6. The zero-order valence-electron chi connectivity index (χ0n) is 12.3. The molecule has 1 saturated heterocycles. The van der Waals surface area contributed by atoms with Gasteiger partial charge in [0.15, 0.2) is 0 Å². The molecule has 0 bridgehead atoms. The van der Waals surface area contributed by atoms with Gasteiger partial charge in [-0.3, -0.25) is 0 Å². The molecule has 128 valence electrons. The molecule has 2 heterocycles. The van der Waals surface area contributed by atoms with Gasteiger partial charge in [-0.25, -0.2) is 22.2 Å². The maximum atomic E-state index is 13.8. The average Bonchev–Trinajstić information content (AvgIpc) is 3.01. The molecule has 9 heteroatoms. The van der Waals surface area contributed by atoms with Crippen molar-refractivity contribution in [3.63, 3.8) is 0 Å². The molecule has 0 saturated carbocycles. The van der Waals surface area contributed by atoms with Crippen molar-refractivity contribution in [2.24, 2.45) is 0 Å². The Labute approximate surface area is 146 Å². The number of hydrogen-bond donors (Lipinski definition) is 0. The first kappa shape index (κ1) is 17.2. The summed E-state index contributed by atoms with van der Waals surface area (Å²) in [6.45, 7) is 0.218. The lowest BCUT2D eigenvalue weighted by Gasteiger charge is -2.17. The largest absolute Gasteiger partial charge is 0.473 e. The Kier molecular flexibility index (Phi) is 4.84. The number of benzene rings is 1. The van der Waals surface area contributed by atoms with Crippen molar-refractivity contribution in [2.75, 3.05) is 13.1 Å². The van der Waals surface area contributed by atoms with Gasteiger partial charge in [-0.15, -0.1) is 0 Å². The Morgan fingerprint density at radius 3 is 2.75 bits per heavy atom. The third-order valence-electron chi connectivity index (χ3n) is 3.61. The third kappa shape index (κ3) is 3.57. The highest BCUT2D eigenvalue weighted by molar-refractivity contribution is 9.10. The monoisotopic (exact) mass is 418 g/mol. The van der Waals surface area contributed by atoms with Gasteiger partial charge in [0.2, 0.25) is 15.9 Å². The fourth-order valence-corrected chi connectivity index (χ4v) is 4.23. The number of sulfonamides is 1. The molecule has 1 unspecified atom stereocenters. The summed E-state index contributed by atoms with van der Waals surface area (Å²) in [4.78, 5) is 3.40. The van der Waals surface area contributed by atoms with E-state index < -0.39 is 32.7 Å². The van der Waals surface area contributed by atoms with Crippen LogP contribution in [0.5, 0.6) is 5.88 Å². The number of nitrogens with zero attached hydrogens (tertiary/aromatic N) is 2. The number of hydrogen-bond acceptors (Lipinski definition) is 4. The van der Waals surface area contributed by atoms with Crippen molar-refractivity contribution in [3.05, 3.63) is 52.6 Å². The minimum atomic E-state index is -4.11. The van der Waals surface area contributed by atoms with E-state index in [0.29, 0.717) is 18.4 Å². The number of pyridine rings is 1. The average molecular weight is 419 g/mol. The van der Waals surface area contributed by atoms with Gasteiger partial charge in [0.05, 0.1) is 6.54 Å². The zero-order valence-corrected chi connectivity index (χ0v) is 14.7. The summed E-state index contributed by atoms with van der Waals surface area (Å²) >= 11 is 3.26. The van der Waals surface area contributed by atoms with Crippen LogP contribution in [0, 0.1) is 11.6 Å². The standard InChI is InChI=1S/C15H13BrF2N2O3S/c16-10-1-4-15(19-8-10)23-12-5-6-20(9-12)24(21,22)14-7-11(17)2-3-13(14)18/h1-4,7-8,12H,5-6,9H2. The SMILES string of the molecule is O=S(=O)(c1cc(F)ccc1F)N1CCC(Oc2ccc(Br)cn2)C1. The molecule has 0 aliphatic carbocycles. The van der Waals surface area contributed by atoms with E-state index >= 15 is 0 Å². The van der Waals surface area contributed by atoms with E-state index in [9.17, 15) is 17.2 Å². The van der Waals surface area contributed by atoms with Gasteiger partial charge in [0.1, 0.15) is 22.6 Å². The molecule has 1 atom stereocenters. The van der Waals surface area contributed by atoms with Gasteiger partial charge < -0.3 is 4.74 Å². The lowest BCUT2D eigenvalue weighted by atomic mass is 10.3. The van der Waals surface area contributed by atoms with Crippen LogP contribution in [0.15, 0.2) is 45.9 Å². The fraction of sp³-hybridized carbons (Fsp3) is 0.267. The molecule has 1 aromatic carbocycles. The number of ether oxygens (including phenoxy) is 1. The topological polar surface area (TPSA) is 59.5 Å². The smallest absolute Gasteiger partial charge is 0.246 e. The maximum absolute atomic E-state index is 13.8. The molecule has 1 aromatic heterocycles. The molecule has 3 rings (SSSR count). The minimum Gasteiger partial charge on any atom is -0.473 e. The van der Waals surface area contributed by atoms with Gasteiger partial charge in [-0.1, -0.05) is 0 Å². The quantitative estimate of drug-likeness (QED) is 0.765. The molecule has 1 aliphatic heterocycles. The van der Waals surface area contributed by atoms with E-state index in [1.165, 1.54) is 0 Å². The predicted octanol–water partition coefficient (Wildman–Crippen LogP) is 2.96. The normalized spacial score (nSPS) is 18.7. The fourth-order valence-electron chi connectivity index (χ4n) is 2.43.